The van der Waals surface area contributed by atoms with E-state index in [0.29, 0.717) is 17.3 Å². The molecule has 0 aliphatic carbocycles. The van der Waals surface area contributed by atoms with Gasteiger partial charge in [-0.15, -0.1) is 0 Å². The first kappa shape index (κ1) is 20.8. The van der Waals surface area contributed by atoms with Gasteiger partial charge in [0.1, 0.15) is 5.82 Å². The number of hydrogen-bond acceptors (Lipinski definition) is 3. The second kappa shape index (κ2) is 8.76. The fraction of sp³-hybridized carbons (Fsp3) is 0.320. The molecule has 3 aromatic rings. The largest absolute Gasteiger partial charge is 0.339 e. The van der Waals surface area contributed by atoms with E-state index in [9.17, 15) is 9.59 Å². The van der Waals surface area contributed by atoms with Crippen LogP contribution in [0.5, 0.6) is 0 Å². The third-order valence-corrected chi connectivity index (χ3v) is 5.85. The minimum atomic E-state index is -0.163. The molecule has 2 aromatic carbocycles. The summed E-state index contributed by atoms with van der Waals surface area (Å²) >= 11 is 0. The maximum absolute atomic E-state index is 12.9. The number of piperidine rings is 1. The van der Waals surface area contributed by atoms with Crippen LogP contribution in [0.2, 0.25) is 0 Å². The smallest absolute Gasteiger partial charge is 0.253 e. The fourth-order valence-electron chi connectivity index (χ4n) is 4.09. The third-order valence-electron chi connectivity index (χ3n) is 5.85. The Labute approximate surface area is 182 Å². The summed E-state index contributed by atoms with van der Waals surface area (Å²) in [7, 11) is 0. The van der Waals surface area contributed by atoms with E-state index in [1.54, 1.807) is 4.68 Å². The number of aryl methyl sites for hydroxylation is 1. The van der Waals surface area contributed by atoms with Gasteiger partial charge in [0.15, 0.2) is 0 Å². The standard InChI is InChI=1S/C25H28N4O2/c1-17-13-15-28(16-14-17)25(31)21-9-11-22(12-10-21)29-24(26-19(3)30)23(18(2)27-29)20-7-5-4-6-8-20/h4-12,17H,13-16H2,1-3H3,(H,26,30). The molecule has 4 rings (SSSR count). The summed E-state index contributed by atoms with van der Waals surface area (Å²) in [6, 6.07) is 17.3. The van der Waals surface area contributed by atoms with Gasteiger partial charge >= 0.3 is 0 Å². The van der Waals surface area contributed by atoms with Crippen molar-refractivity contribution in [2.45, 2.75) is 33.6 Å². The van der Waals surface area contributed by atoms with Crippen molar-refractivity contribution in [3.8, 4) is 16.8 Å². The number of aromatic nitrogens is 2. The number of amides is 2. The first-order valence-electron chi connectivity index (χ1n) is 10.8. The highest BCUT2D eigenvalue weighted by molar-refractivity contribution is 5.95. The minimum Gasteiger partial charge on any atom is -0.339 e. The van der Waals surface area contributed by atoms with E-state index >= 15 is 0 Å². The van der Waals surface area contributed by atoms with Gasteiger partial charge in [0.25, 0.3) is 5.91 Å². The van der Waals surface area contributed by atoms with Gasteiger partial charge in [-0.05, 0) is 55.5 Å². The Kier molecular flexibility index (Phi) is 5.89. The van der Waals surface area contributed by atoms with E-state index < -0.39 is 0 Å². The number of carbonyl (C=O) groups is 2. The Bertz CT molecular complexity index is 1080. The van der Waals surface area contributed by atoms with Crippen molar-refractivity contribution in [3.05, 3.63) is 65.9 Å². The molecule has 1 N–H and O–H groups in total. The number of nitrogens with zero attached hydrogens (tertiary/aromatic N) is 3. The maximum Gasteiger partial charge on any atom is 0.253 e. The predicted molar refractivity (Wildman–Crippen MR) is 122 cm³/mol. The Morgan fingerprint density at radius 3 is 2.26 bits per heavy atom. The van der Waals surface area contributed by atoms with Gasteiger partial charge in [0, 0.05) is 31.1 Å². The molecule has 1 fully saturated rings. The number of likely N-dealkylation sites (tertiary alicyclic amines) is 1. The highest BCUT2D eigenvalue weighted by atomic mass is 16.2. The number of hydrogen-bond donors (Lipinski definition) is 1. The minimum absolute atomic E-state index is 0.0714. The summed E-state index contributed by atoms with van der Waals surface area (Å²) < 4.78 is 1.73. The molecule has 2 amide bonds. The van der Waals surface area contributed by atoms with Gasteiger partial charge in [-0.25, -0.2) is 4.68 Å². The molecular formula is C25H28N4O2. The lowest BCUT2D eigenvalue weighted by Crippen LogP contribution is -2.37. The van der Waals surface area contributed by atoms with Crippen molar-refractivity contribution in [1.29, 1.82) is 0 Å². The van der Waals surface area contributed by atoms with Gasteiger partial charge in [0.2, 0.25) is 5.91 Å². The molecule has 0 radical (unpaired) electrons. The summed E-state index contributed by atoms with van der Waals surface area (Å²) in [6.45, 7) is 7.28. The van der Waals surface area contributed by atoms with Crippen LogP contribution in [-0.4, -0.2) is 39.6 Å². The van der Waals surface area contributed by atoms with Gasteiger partial charge < -0.3 is 10.2 Å². The molecule has 0 atom stereocenters. The van der Waals surface area contributed by atoms with Crippen LogP contribution in [0.25, 0.3) is 16.8 Å². The van der Waals surface area contributed by atoms with Crippen LogP contribution in [0.1, 0.15) is 42.7 Å². The molecule has 1 aromatic heterocycles. The lowest BCUT2D eigenvalue weighted by atomic mass is 9.98. The number of anilines is 1. The normalized spacial score (nSPS) is 14.5. The molecule has 0 saturated carbocycles. The van der Waals surface area contributed by atoms with Crippen molar-refractivity contribution in [1.82, 2.24) is 14.7 Å². The zero-order chi connectivity index (χ0) is 22.0. The highest BCUT2D eigenvalue weighted by Gasteiger charge is 2.22. The van der Waals surface area contributed by atoms with E-state index in [4.69, 9.17) is 0 Å². The summed E-state index contributed by atoms with van der Waals surface area (Å²) in [4.78, 5) is 26.7. The SMILES string of the molecule is CC(=O)Nc1c(-c2ccccc2)c(C)nn1-c1ccc(C(=O)N2CCC(C)CC2)cc1. The quantitative estimate of drug-likeness (QED) is 0.672. The van der Waals surface area contributed by atoms with E-state index in [2.05, 4.69) is 17.3 Å². The van der Waals surface area contributed by atoms with Crippen LogP contribution in [0, 0.1) is 12.8 Å². The zero-order valence-corrected chi connectivity index (χ0v) is 18.3. The van der Waals surface area contributed by atoms with Gasteiger partial charge in [-0.1, -0.05) is 37.3 Å². The molecule has 2 heterocycles. The third kappa shape index (κ3) is 4.38. The van der Waals surface area contributed by atoms with Gasteiger partial charge in [-0.2, -0.15) is 5.10 Å². The maximum atomic E-state index is 12.9. The zero-order valence-electron chi connectivity index (χ0n) is 18.3. The summed E-state index contributed by atoms with van der Waals surface area (Å²) in [5.41, 5.74) is 4.15. The number of rotatable bonds is 4. The van der Waals surface area contributed by atoms with Crippen LogP contribution < -0.4 is 5.32 Å². The van der Waals surface area contributed by atoms with E-state index in [1.807, 2.05) is 66.4 Å². The molecule has 31 heavy (non-hydrogen) atoms. The molecule has 6 nitrogen and oxygen atoms in total. The van der Waals surface area contributed by atoms with Crippen LogP contribution >= 0.6 is 0 Å². The molecule has 160 valence electrons. The molecule has 0 bridgehead atoms. The number of carbonyl (C=O) groups excluding carboxylic acids is 2. The second-order valence-electron chi connectivity index (χ2n) is 8.29. The van der Waals surface area contributed by atoms with Crippen molar-refractivity contribution in [2.75, 3.05) is 18.4 Å². The van der Waals surface area contributed by atoms with Crippen molar-refractivity contribution >= 4 is 17.6 Å². The van der Waals surface area contributed by atoms with Crippen LogP contribution in [0.15, 0.2) is 54.6 Å². The topological polar surface area (TPSA) is 67.2 Å². The molecule has 0 spiro atoms. The molecule has 1 saturated heterocycles. The first-order chi connectivity index (χ1) is 14.9. The second-order valence-corrected chi connectivity index (χ2v) is 8.29. The Morgan fingerprint density at radius 1 is 1.00 bits per heavy atom. The van der Waals surface area contributed by atoms with E-state index in [1.165, 1.54) is 6.92 Å². The van der Waals surface area contributed by atoms with Crippen molar-refractivity contribution < 1.29 is 9.59 Å². The molecule has 6 heteroatoms. The van der Waals surface area contributed by atoms with Crippen molar-refractivity contribution in [2.24, 2.45) is 5.92 Å². The summed E-state index contributed by atoms with van der Waals surface area (Å²) in [6.07, 6.45) is 2.11. The van der Waals surface area contributed by atoms with Crippen LogP contribution in [-0.2, 0) is 4.79 Å². The van der Waals surface area contributed by atoms with E-state index in [-0.39, 0.29) is 11.8 Å². The fourth-order valence-corrected chi connectivity index (χ4v) is 4.09. The van der Waals surface area contributed by atoms with Gasteiger partial charge in [0.05, 0.1) is 11.4 Å². The van der Waals surface area contributed by atoms with Crippen LogP contribution in [0.3, 0.4) is 0 Å². The average molecular weight is 417 g/mol. The first-order valence-corrected chi connectivity index (χ1v) is 10.8. The lowest BCUT2D eigenvalue weighted by Gasteiger charge is -2.30. The monoisotopic (exact) mass is 416 g/mol. The van der Waals surface area contributed by atoms with Gasteiger partial charge in [-0.3, -0.25) is 9.59 Å². The highest BCUT2D eigenvalue weighted by Crippen LogP contribution is 2.33. The Morgan fingerprint density at radius 2 is 1.65 bits per heavy atom. The lowest BCUT2D eigenvalue weighted by molar-refractivity contribution is -0.114. The molecular weight excluding hydrogens is 388 g/mol. The Hall–Kier alpha value is -3.41. The molecule has 1 aliphatic rings. The number of benzene rings is 2. The Balaban J connectivity index is 1.66. The molecule has 1 aliphatic heterocycles. The van der Waals surface area contributed by atoms with Crippen LogP contribution in [0.4, 0.5) is 5.82 Å². The summed E-state index contributed by atoms with van der Waals surface area (Å²) in [5, 5.41) is 7.63. The number of nitrogens with one attached hydrogen (secondary N) is 1. The average Bonchev–Trinajstić information content (AvgIpc) is 3.09. The molecule has 0 unspecified atom stereocenters. The summed E-state index contributed by atoms with van der Waals surface area (Å²) in [5.74, 6) is 1.22. The predicted octanol–water partition coefficient (Wildman–Crippen LogP) is 4.68. The van der Waals surface area contributed by atoms with Crippen molar-refractivity contribution in [3.63, 3.8) is 0 Å². The van der Waals surface area contributed by atoms with E-state index in [0.717, 1.165) is 48.4 Å².